The minimum absolute atomic E-state index is 0.0341. The summed E-state index contributed by atoms with van der Waals surface area (Å²) in [7, 11) is 0. The summed E-state index contributed by atoms with van der Waals surface area (Å²) < 4.78 is 18.9. The number of carbonyl (C=O) groups is 1. The van der Waals surface area contributed by atoms with Gasteiger partial charge >= 0.3 is 0 Å². The first-order valence-electron chi connectivity index (χ1n) is 8.27. The number of aromatic nitrogens is 2. The van der Waals surface area contributed by atoms with Gasteiger partial charge in [0.05, 0.1) is 25.5 Å². The summed E-state index contributed by atoms with van der Waals surface area (Å²) in [6, 6.07) is 7.57. The number of rotatable bonds is 5. The third kappa shape index (κ3) is 4.96. The van der Waals surface area contributed by atoms with Gasteiger partial charge in [-0.05, 0) is 30.5 Å². The largest absolute Gasteiger partial charge is 0.375 e. The number of carbonyl (C=O) groups excluding carboxylic acids is 1. The Labute approximate surface area is 144 Å². The van der Waals surface area contributed by atoms with Crippen LogP contribution in [-0.4, -0.2) is 46.6 Å². The first-order chi connectivity index (χ1) is 12.1. The molecule has 1 aliphatic rings. The second-order valence-electron chi connectivity index (χ2n) is 6.08. The molecule has 1 amide bonds. The van der Waals surface area contributed by atoms with Crippen molar-refractivity contribution >= 4 is 5.91 Å². The van der Waals surface area contributed by atoms with Gasteiger partial charge in [0.15, 0.2) is 0 Å². The molecule has 0 bridgehead atoms. The van der Waals surface area contributed by atoms with E-state index in [1.54, 1.807) is 17.0 Å². The Balaban J connectivity index is 1.53. The number of ether oxygens (including phenoxy) is 1. The number of benzene rings is 1. The Morgan fingerprint density at radius 1 is 1.40 bits per heavy atom. The molecule has 1 fully saturated rings. The van der Waals surface area contributed by atoms with Gasteiger partial charge in [0, 0.05) is 24.8 Å². The zero-order valence-electron chi connectivity index (χ0n) is 13.8. The maximum absolute atomic E-state index is 13.2. The Morgan fingerprint density at radius 2 is 2.28 bits per heavy atom. The van der Waals surface area contributed by atoms with E-state index in [9.17, 15) is 14.0 Å². The molecule has 1 atom stereocenters. The van der Waals surface area contributed by atoms with Gasteiger partial charge in [-0.15, -0.1) is 0 Å². The number of amides is 1. The number of hydrogen-bond acceptors (Lipinski definition) is 4. The summed E-state index contributed by atoms with van der Waals surface area (Å²) in [5.74, 6) is -0.372. The monoisotopic (exact) mass is 345 g/mol. The molecular formula is C18H20FN3O3. The molecule has 1 aliphatic heterocycles. The molecule has 7 heteroatoms. The van der Waals surface area contributed by atoms with Crippen molar-refractivity contribution in [2.24, 2.45) is 0 Å². The smallest absolute Gasteiger partial charge is 0.250 e. The van der Waals surface area contributed by atoms with E-state index in [2.05, 4.69) is 9.97 Å². The van der Waals surface area contributed by atoms with Crippen LogP contribution < -0.4 is 5.56 Å². The van der Waals surface area contributed by atoms with Gasteiger partial charge in [-0.2, -0.15) is 0 Å². The van der Waals surface area contributed by atoms with E-state index < -0.39 is 0 Å². The van der Waals surface area contributed by atoms with E-state index in [1.165, 1.54) is 24.5 Å². The Kier molecular flexibility index (Phi) is 5.55. The van der Waals surface area contributed by atoms with Crippen molar-refractivity contribution < 1.29 is 13.9 Å². The molecule has 1 aromatic heterocycles. The van der Waals surface area contributed by atoms with Crippen molar-refractivity contribution in [1.29, 1.82) is 0 Å². The van der Waals surface area contributed by atoms with Gasteiger partial charge in [0.2, 0.25) is 5.91 Å². The Morgan fingerprint density at radius 3 is 3.08 bits per heavy atom. The van der Waals surface area contributed by atoms with Gasteiger partial charge < -0.3 is 14.6 Å². The topological polar surface area (TPSA) is 75.3 Å². The lowest BCUT2D eigenvalue weighted by Gasteiger charge is -2.33. The van der Waals surface area contributed by atoms with Crippen LogP contribution in [0.5, 0.6) is 0 Å². The highest BCUT2D eigenvalue weighted by Crippen LogP contribution is 2.13. The number of aromatic amines is 1. The molecule has 3 rings (SSSR count). The van der Waals surface area contributed by atoms with Crippen LogP contribution >= 0.6 is 0 Å². The number of morpholine rings is 1. The van der Waals surface area contributed by atoms with Crippen LogP contribution in [0.3, 0.4) is 0 Å². The average Bonchev–Trinajstić information content (AvgIpc) is 2.60. The van der Waals surface area contributed by atoms with Crippen LogP contribution in [0.2, 0.25) is 0 Å². The lowest BCUT2D eigenvalue weighted by molar-refractivity contribution is -0.138. The molecule has 132 valence electrons. The quantitative estimate of drug-likeness (QED) is 0.887. The van der Waals surface area contributed by atoms with Gasteiger partial charge in [-0.1, -0.05) is 12.1 Å². The molecule has 2 aromatic rings. The zero-order chi connectivity index (χ0) is 17.6. The molecule has 0 spiro atoms. The fourth-order valence-electron chi connectivity index (χ4n) is 2.91. The SMILES string of the molecule is O=C(Cc1cccc(F)c1)N1CCO[C@@H](CCc2cc(=O)[nH]cn2)C1. The number of halogens is 1. The zero-order valence-corrected chi connectivity index (χ0v) is 13.8. The molecule has 1 N–H and O–H groups in total. The van der Waals surface area contributed by atoms with E-state index in [0.29, 0.717) is 43.8 Å². The summed E-state index contributed by atoms with van der Waals surface area (Å²) in [6.45, 7) is 1.51. The van der Waals surface area contributed by atoms with E-state index in [-0.39, 0.29) is 29.8 Å². The van der Waals surface area contributed by atoms with E-state index in [0.717, 1.165) is 0 Å². The first-order valence-corrected chi connectivity index (χ1v) is 8.27. The summed E-state index contributed by atoms with van der Waals surface area (Å²) >= 11 is 0. The third-order valence-electron chi connectivity index (χ3n) is 4.19. The molecule has 25 heavy (non-hydrogen) atoms. The summed E-state index contributed by atoms with van der Waals surface area (Å²) in [6.07, 6.45) is 2.76. The number of nitrogens with zero attached hydrogens (tertiary/aromatic N) is 2. The van der Waals surface area contributed by atoms with Crippen molar-refractivity contribution in [3.8, 4) is 0 Å². The summed E-state index contributed by atoms with van der Waals surface area (Å²) in [4.78, 5) is 32.1. The Bertz CT molecular complexity index is 793. The van der Waals surface area contributed by atoms with Crippen LogP contribution in [0.4, 0.5) is 4.39 Å². The molecule has 1 saturated heterocycles. The lowest BCUT2D eigenvalue weighted by atomic mass is 10.1. The van der Waals surface area contributed by atoms with Crippen molar-refractivity contribution in [2.75, 3.05) is 19.7 Å². The fraction of sp³-hybridized carbons (Fsp3) is 0.389. The molecular weight excluding hydrogens is 325 g/mol. The second-order valence-corrected chi connectivity index (χ2v) is 6.08. The Hall–Kier alpha value is -2.54. The highest BCUT2D eigenvalue weighted by Gasteiger charge is 2.24. The highest BCUT2D eigenvalue weighted by molar-refractivity contribution is 5.78. The van der Waals surface area contributed by atoms with Crippen molar-refractivity contribution in [1.82, 2.24) is 14.9 Å². The average molecular weight is 345 g/mol. The van der Waals surface area contributed by atoms with Crippen molar-refractivity contribution in [3.63, 3.8) is 0 Å². The number of H-pyrrole nitrogens is 1. The van der Waals surface area contributed by atoms with Crippen molar-refractivity contribution in [2.45, 2.75) is 25.4 Å². The molecule has 0 saturated carbocycles. The highest BCUT2D eigenvalue weighted by atomic mass is 19.1. The molecule has 2 heterocycles. The minimum Gasteiger partial charge on any atom is -0.375 e. The predicted octanol–water partition coefficient (Wildman–Crippen LogP) is 1.31. The van der Waals surface area contributed by atoms with Crippen LogP contribution in [0.1, 0.15) is 17.7 Å². The van der Waals surface area contributed by atoms with Gasteiger partial charge in [-0.25, -0.2) is 9.37 Å². The number of nitrogens with one attached hydrogen (secondary N) is 1. The van der Waals surface area contributed by atoms with E-state index in [4.69, 9.17) is 4.74 Å². The fourth-order valence-corrected chi connectivity index (χ4v) is 2.91. The number of aryl methyl sites for hydroxylation is 1. The van der Waals surface area contributed by atoms with Gasteiger partial charge in [0.1, 0.15) is 5.82 Å². The molecule has 6 nitrogen and oxygen atoms in total. The molecule has 0 radical (unpaired) electrons. The lowest BCUT2D eigenvalue weighted by Crippen LogP contribution is -2.46. The van der Waals surface area contributed by atoms with Crippen molar-refractivity contribution in [3.05, 3.63) is 64.1 Å². The molecule has 0 aliphatic carbocycles. The van der Waals surface area contributed by atoms with Crippen LogP contribution in [-0.2, 0) is 22.4 Å². The summed E-state index contributed by atoms with van der Waals surface area (Å²) in [5, 5.41) is 0. The van der Waals surface area contributed by atoms with Crippen LogP contribution in [0, 0.1) is 5.82 Å². The minimum atomic E-state index is -0.337. The van der Waals surface area contributed by atoms with E-state index >= 15 is 0 Å². The molecule has 1 aromatic carbocycles. The maximum Gasteiger partial charge on any atom is 0.250 e. The second kappa shape index (κ2) is 8.02. The predicted molar refractivity (Wildman–Crippen MR) is 89.6 cm³/mol. The number of hydrogen-bond donors (Lipinski definition) is 1. The van der Waals surface area contributed by atoms with Crippen LogP contribution in [0.15, 0.2) is 41.5 Å². The third-order valence-corrected chi connectivity index (χ3v) is 4.19. The van der Waals surface area contributed by atoms with Gasteiger partial charge in [0.25, 0.3) is 5.56 Å². The standard InChI is InChI=1S/C18H20FN3O3/c19-14-3-1-2-13(8-14)9-18(24)22-6-7-25-16(11-22)5-4-15-10-17(23)21-12-20-15/h1-3,8,10,12,16H,4-7,9,11H2,(H,20,21,23)/t16-/m0/s1. The van der Waals surface area contributed by atoms with E-state index in [1.807, 2.05) is 0 Å². The van der Waals surface area contributed by atoms with Gasteiger partial charge in [-0.3, -0.25) is 9.59 Å². The maximum atomic E-state index is 13.2. The summed E-state index contributed by atoms with van der Waals surface area (Å²) in [5.41, 5.74) is 1.19. The normalized spacial score (nSPS) is 17.5. The first kappa shape index (κ1) is 17.3. The molecule has 0 unspecified atom stereocenters. The van der Waals surface area contributed by atoms with Crippen LogP contribution in [0.25, 0.3) is 0 Å².